The molecule has 0 radical (unpaired) electrons. The third-order valence-corrected chi connectivity index (χ3v) is 2.75. The number of nitrogens with two attached hydrogens (primary N) is 1. The Labute approximate surface area is 116 Å². The molecule has 0 fully saturated rings. The molecule has 0 aliphatic carbocycles. The molecule has 1 aromatic rings. The maximum Gasteiger partial charge on any atom is 0.417 e. The van der Waals surface area contributed by atoms with E-state index in [0.717, 1.165) is 18.5 Å². The molecule has 0 spiro atoms. The van der Waals surface area contributed by atoms with Gasteiger partial charge in [0.25, 0.3) is 0 Å². The van der Waals surface area contributed by atoms with E-state index in [0.29, 0.717) is 6.42 Å². The fourth-order valence-corrected chi connectivity index (χ4v) is 2.07. The van der Waals surface area contributed by atoms with Crippen LogP contribution in [0.5, 0.6) is 0 Å². The van der Waals surface area contributed by atoms with Gasteiger partial charge in [-0.2, -0.15) is 13.2 Å². The van der Waals surface area contributed by atoms with Gasteiger partial charge in [-0.25, -0.2) is 0 Å². The van der Waals surface area contributed by atoms with Crippen molar-refractivity contribution >= 4 is 5.78 Å². The number of ketones is 1. The molecular formula is C14H19F3N2O. The number of aromatic nitrogens is 1. The van der Waals surface area contributed by atoms with Gasteiger partial charge in [-0.05, 0) is 17.9 Å². The monoisotopic (exact) mass is 288 g/mol. The van der Waals surface area contributed by atoms with Gasteiger partial charge in [0, 0.05) is 30.4 Å². The van der Waals surface area contributed by atoms with Gasteiger partial charge in [-0.15, -0.1) is 0 Å². The number of carbonyl (C=O) groups excluding carboxylic acids is 1. The van der Waals surface area contributed by atoms with Gasteiger partial charge in [0.1, 0.15) is 0 Å². The lowest BCUT2D eigenvalue weighted by Crippen LogP contribution is -2.29. The van der Waals surface area contributed by atoms with E-state index < -0.39 is 29.1 Å². The van der Waals surface area contributed by atoms with E-state index >= 15 is 0 Å². The van der Waals surface area contributed by atoms with Crippen LogP contribution in [0.15, 0.2) is 18.5 Å². The van der Waals surface area contributed by atoms with Crippen LogP contribution in [0.2, 0.25) is 0 Å². The molecule has 1 unspecified atom stereocenters. The molecule has 0 aliphatic rings. The predicted molar refractivity (Wildman–Crippen MR) is 70.2 cm³/mol. The molecule has 112 valence electrons. The van der Waals surface area contributed by atoms with Crippen LogP contribution in [0.25, 0.3) is 0 Å². The van der Waals surface area contributed by atoms with Crippen molar-refractivity contribution in [1.82, 2.24) is 4.98 Å². The van der Waals surface area contributed by atoms with Crippen LogP contribution in [0.1, 0.15) is 49.5 Å². The Balaban J connectivity index is 2.89. The molecule has 6 heteroatoms. The molecular weight excluding hydrogens is 269 g/mol. The summed E-state index contributed by atoms with van der Waals surface area (Å²) in [4.78, 5) is 15.6. The molecule has 1 aromatic heterocycles. The highest BCUT2D eigenvalue weighted by Crippen LogP contribution is 2.32. The van der Waals surface area contributed by atoms with Crippen LogP contribution in [-0.4, -0.2) is 16.8 Å². The van der Waals surface area contributed by atoms with Gasteiger partial charge < -0.3 is 5.73 Å². The molecule has 1 heterocycles. The molecule has 0 aliphatic heterocycles. The zero-order valence-corrected chi connectivity index (χ0v) is 11.8. The van der Waals surface area contributed by atoms with Gasteiger partial charge in [0.15, 0.2) is 5.78 Å². The number of rotatable bonds is 4. The van der Waals surface area contributed by atoms with Crippen LogP contribution < -0.4 is 5.73 Å². The number of hydrogen-bond acceptors (Lipinski definition) is 3. The summed E-state index contributed by atoms with van der Waals surface area (Å²) in [6, 6.07) is 0.339. The molecule has 1 atom stereocenters. The Morgan fingerprint density at radius 1 is 1.35 bits per heavy atom. The van der Waals surface area contributed by atoms with Crippen molar-refractivity contribution in [2.45, 2.75) is 45.8 Å². The standard InChI is InChI=1S/C14H19F3N2O/c1-13(2,3)7-9(18)6-12(20)10-8-19-5-4-11(10)14(15,16)17/h4-5,8-9H,6-7,18H2,1-3H3. The topological polar surface area (TPSA) is 56.0 Å². The van der Waals surface area contributed by atoms with Crippen molar-refractivity contribution < 1.29 is 18.0 Å². The van der Waals surface area contributed by atoms with Crippen molar-refractivity contribution in [2.75, 3.05) is 0 Å². The summed E-state index contributed by atoms with van der Waals surface area (Å²) in [7, 11) is 0. The smallest absolute Gasteiger partial charge is 0.327 e. The maximum atomic E-state index is 12.8. The van der Waals surface area contributed by atoms with E-state index in [9.17, 15) is 18.0 Å². The minimum Gasteiger partial charge on any atom is -0.327 e. The van der Waals surface area contributed by atoms with E-state index in [1.54, 1.807) is 0 Å². The SMILES string of the molecule is CC(C)(C)CC(N)CC(=O)c1cnccc1C(F)(F)F. The molecule has 20 heavy (non-hydrogen) atoms. The second kappa shape index (κ2) is 5.91. The Hall–Kier alpha value is -1.43. The molecule has 0 bridgehead atoms. The number of alkyl halides is 3. The minimum absolute atomic E-state index is 0.0819. The van der Waals surface area contributed by atoms with E-state index in [4.69, 9.17) is 5.73 Å². The molecule has 0 saturated heterocycles. The predicted octanol–water partition coefficient (Wildman–Crippen LogP) is 3.44. The third kappa shape index (κ3) is 4.92. The summed E-state index contributed by atoms with van der Waals surface area (Å²) >= 11 is 0. The van der Waals surface area contributed by atoms with E-state index in [2.05, 4.69) is 4.98 Å². The Kier molecular flexibility index (Phi) is 4.91. The van der Waals surface area contributed by atoms with Crippen LogP contribution in [0.3, 0.4) is 0 Å². The zero-order chi connectivity index (χ0) is 15.6. The second-order valence-corrected chi connectivity index (χ2v) is 6.07. The van der Waals surface area contributed by atoms with Gasteiger partial charge in [0.05, 0.1) is 5.56 Å². The Morgan fingerprint density at radius 3 is 2.45 bits per heavy atom. The van der Waals surface area contributed by atoms with Crippen LogP contribution in [0.4, 0.5) is 13.2 Å². The highest BCUT2D eigenvalue weighted by molar-refractivity contribution is 5.97. The zero-order valence-electron chi connectivity index (χ0n) is 11.8. The van der Waals surface area contributed by atoms with Crippen LogP contribution >= 0.6 is 0 Å². The van der Waals surface area contributed by atoms with Gasteiger partial charge in [-0.1, -0.05) is 20.8 Å². The normalized spacial score (nSPS) is 14.2. The highest BCUT2D eigenvalue weighted by atomic mass is 19.4. The van der Waals surface area contributed by atoms with Crippen molar-refractivity contribution in [2.24, 2.45) is 11.1 Å². The molecule has 0 saturated carbocycles. The highest BCUT2D eigenvalue weighted by Gasteiger charge is 2.35. The lowest BCUT2D eigenvalue weighted by atomic mass is 9.86. The van der Waals surface area contributed by atoms with Gasteiger partial charge >= 0.3 is 6.18 Å². The van der Waals surface area contributed by atoms with Crippen molar-refractivity contribution in [3.8, 4) is 0 Å². The molecule has 0 aromatic carbocycles. The minimum atomic E-state index is -4.57. The summed E-state index contributed by atoms with van der Waals surface area (Å²) in [6.07, 6.45) is -2.15. The quantitative estimate of drug-likeness (QED) is 0.863. The summed E-state index contributed by atoms with van der Waals surface area (Å²) in [5.74, 6) is -0.623. The summed E-state index contributed by atoms with van der Waals surface area (Å²) < 4.78 is 38.4. The van der Waals surface area contributed by atoms with Gasteiger partial charge in [0.2, 0.25) is 0 Å². The fourth-order valence-electron chi connectivity index (χ4n) is 2.07. The van der Waals surface area contributed by atoms with E-state index in [1.165, 1.54) is 0 Å². The lowest BCUT2D eigenvalue weighted by Gasteiger charge is -2.23. The van der Waals surface area contributed by atoms with Gasteiger partial charge in [-0.3, -0.25) is 9.78 Å². The number of nitrogens with zero attached hydrogens (tertiary/aromatic N) is 1. The number of pyridine rings is 1. The largest absolute Gasteiger partial charge is 0.417 e. The first kappa shape index (κ1) is 16.6. The van der Waals surface area contributed by atoms with Crippen molar-refractivity contribution in [1.29, 1.82) is 0 Å². The Bertz CT molecular complexity index is 478. The summed E-state index contributed by atoms with van der Waals surface area (Å²) in [6.45, 7) is 5.88. The molecule has 3 nitrogen and oxygen atoms in total. The summed E-state index contributed by atoms with van der Waals surface area (Å²) in [5.41, 5.74) is 4.38. The van der Waals surface area contributed by atoms with E-state index in [1.807, 2.05) is 20.8 Å². The maximum absolute atomic E-state index is 12.8. The molecule has 2 N–H and O–H groups in total. The first-order valence-corrected chi connectivity index (χ1v) is 6.31. The third-order valence-electron chi connectivity index (χ3n) is 2.75. The van der Waals surface area contributed by atoms with Crippen LogP contribution in [0, 0.1) is 5.41 Å². The number of halogens is 3. The molecule has 0 amide bonds. The lowest BCUT2D eigenvalue weighted by molar-refractivity contribution is -0.138. The Morgan fingerprint density at radius 2 is 1.95 bits per heavy atom. The van der Waals surface area contributed by atoms with Crippen molar-refractivity contribution in [3.05, 3.63) is 29.6 Å². The first-order chi connectivity index (χ1) is 9.00. The number of carbonyl (C=O) groups is 1. The summed E-state index contributed by atoms with van der Waals surface area (Å²) in [5, 5.41) is 0. The van der Waals surface area contributed by atoms with Crippen LogP contribution in [-0.2, 0) is 6.18 Å². The first-order valence-electron chi connectivity index (χ1n) is 6.31. The average Bonchev–Trinajstić information content (AvgIpc) is 2.25. The number of Topliss-reactive ketones (excluding diaryl/α,β-unsaturated/α-hetero) is 1. The molecule has 1 rings (SSSR count). The number of hydrogen-bond donors (Lipinski definition) is 1. The second-order valence-electron chi connectivity index (χ2n) is 6.07. The van der Waals surface area contributed by atoms with Crippen molar-refractivity contribution in [3.63, 3.8) is 0 Å². The van der Waals surface area contributed by atoms with E-state index in [-0.39, 0.29) is 11.8 Å². The average molecular weight is 288 g/mol. The fraction of sp³-hybridized carbons (Fsp3) is 0.571.